The van der Waals surface area contributed by atoms with Gasteiger partial charge in [-0.15, -0.1) is 0 Å². The predicted octanol–water partition coefficient (Wildman–Crippen LogP) is 4.56. The molecule has 5 rings (SSSR count). The number of rotatable bonds is 5. The summed E-state index contributed by atoms with van der Waals surface area (Å²) < 4.78 is 28.1. The second-order valence-electron chi connectivity index (χ2n) is 7.76. The van der Waals surface area contributed by atoms with E-state index in [9.17, 15) is 13.6 Å². The zero-order valence-electron chi connectivity index (χ0n) is 15.3. The third-order valence-corrected chi connectivity index (χ3v) is 5.73. The fraction of sp³-hybridized carbons (Fsp3) is 0.381. The predicted molar refractivity (Wildman–Crippen MR) is 101 cm³/mol. The van der Waals surface area contributed by atoms with Crippen molar-refractivity contribution in [3.63, 3.8) is 0 Å². The van der Waals surface area contributed by atoms with E-state index in [1.165, 1.54) is 12.1 Å². The molecule has 28 heavy (non-hydrogen) atoms. The number of halogens is 2. The van der Waals surface area contributed by atoms with Crippen LogP contribution in [-0.4, -0.2) is 27.5 Å². The molecule has 1 aromatic carbocycles. The molecule has 0 radical (unpaired) electrons. The van der Waals surface area contributed by atoms with Crippen LogP contribution in [0, 0.1) is 17.6 Å². The Labute approximate surface area is 160 Å². The molecule has 0 spiro atoms. The summed E-state index contributed by atoms with van der Waals surface area (Å²) in [7, 11) is 0. The lowest BCUT2D eigenvalue weighted by Gasteiger charge is -2.25. The Kier molecular flexibility index (Phi) is 4.10. The number of aromatic amines is 1. The van der Waals surface area contributed by atoms with E-state index in [-0.39, 0.29) is 11.8 Å². The SMILES string of the molecule is O=C(CC1CC1)c1cnc2[nH]nc(N3CCC[C@@H]3c3cc(F)ccc3F)c2c1. The van der Waals surface area contributed by atoms with E-state index in [0.29, 0.717) is 47.9 Å². The molecule has 1 N–H and O–H groups in total. The molecular formula is C21H20F2N4O. The molecular weight excluding hydrogens is 362 g/mol. The molecule has 1 saturated carbocycles. The lowest BCUT2D eigenvalue weighted by atomic mass is 10.0. The first-order valence-corrected chi connectivity index (χ1v) is 9.69. The van der Waals surface area contributed by atoms with Crippen LogP contribution < -0.4 is 4.90 Å². The quantitative estimate of drug-likeness (QED) is 0.657. The molecule has 3 aromatic rings. The molecule has 2 aromatic heterocycles. The lowest BCUT2D eigenvalue weighted by molar-refractivity contribution is 0.0976. The van der Waals surface area contributed by atoms with Crippen LogP contribution in [0.2, 0.25) is 0 Å². The average molecular weight is 382 g/mol. The molecule has 1 atom stereocenters. The Bertz CT molecular complexity index is 1060. The molecule has 2 fully saturated rings. The summed E-state index contributed by atoms with van der Waals surface area (Å²) in [5.74, 6) is 0.361. The van der Waals surface area contributed by atoms with Gasteiger partial charge in [-0.1, -0.05) is 0 Å². The van der Waals surface area contributed by atoms with Gasteiger partial charge in [-0.2, -0.15) is 5.10 Å². The minimum absolute atomic E-state index is 0.0956. The van der Waals surface area contributed by atoms with Crippen LogP contribution in [0.3, 0.4) is 0 Å². The summed E-state index contributed by atoms with van der Waals surface area (Å²) in [4.78, 5) is 18.8. The number of nitrogens with zero attached hydrogens (tertiary/aromatic N) is 3. The second-order valence-corrected chi connectivity index (χ2v) is 7.76. The molecule has 2 aliphatic rings. The summed E-state index contributed by atoms with van der Waals surface area (Å²) in [5, 5.41) is 8.03. The zero-order valence-corrected chi connectivity index (χ0v) is 15.3. The van der Waals surface area contributed by atoms with Crippen LogP contribution >= 0.6 is 0 Å². The molecule has 1 saturated heterocycles. The minimum atomic E-state index is -0.454. The molecule has 0 amide bonds. The minimum Gasteiger partial charge on any atom is -0.347 e. The number of anilines is 1. The van der Waals surface area contributed by atoms with Gasteiger partial charge >= 0.3 is 0 Å². The Hall–Kier alpha value is -2.83. The fourth-order valence-electron chi connectivity index (χ4n) is 4.08. The maximum absolute atomic E-state index is 14.4. The Morgan fingerprint density at radius 2 is 2.07 bits per heavy atom. The van der Waals surface area contributed by atoms with E-state index in [0.717, 1.165) is 30.7 Å². The molecule has 7 heteroatoms. The van der Waals surface area contributed by atoms with Gasteiger partial charge < -0.3 is 4.90 Å². The van der Waals surface area contributed by atoms with Gasteiger partial charge in [0.05, 0.1) is 11.4 Å². The third-order valence-electron chi connectivity index (χ3n) is 5.73. The van der Waals surface area contributed by atoms with Gasteiger partial charge in [0.2, 0.25) is 0 Å². The summed E-state index contributed by atoms with van der Waals surface area (Å²) >= 11 is 0. The van der Waals surface area contributed by atoms with Crippen LogP contribution in [0.1, 0.15) is 54.1 Å². The Balaban J connectivity index is 1.52. The van der Waals surface area contributed by atoms with E-state index in [1.54, 1.807) is 6.20 Å². The highest BCUT2D eigenvalue weighted by molar-refractivity contribution is 6.00. The van der Waals surface area contributed by atoms with E-state index >= 15 is 0 Å². The molecule has 144 valence electrons. The number of pyridine rings is 1. The molecule has 0 bridgehead atoms. The Morgan fingerprint density at radius 3 is 2.89 bits per heavy atom. The highest BCUT2D eigenvalue weighted by Gasteiger charge is 2.32. The molecule has 5 nitrogen and oxygen atoms in total. The number of H-pyrrole nitrogens is 1. The highest BCUT2D eigenvalue weighted by atomic mass is 19.1. The van der Waals surface area contributed by atoms with Crippen LogP contribution in [0.15, 0.2) is 30.5 Å². The number of benzene rings is 1. The number of carbonyl (C=O) groups is 1. The van der Waals surface area contributed by atoms with Gasteiger partial charge in [0.25, 0.3) is 0 Å². The van der Waals surface area contributed by atoms with Gasteiger partial charge in [-0.05, 0) is 55.9 Å². The summed E-state index contributed by atoms with van der Waals surface area (Å²) in [5.41, 5.74) is 1.50. The first-order valence-electron chi connectivity index (χ1n) is 9.69. The van der Waals surface area contributed by atoms with Crippen LogP contribution in [-0.2, 0) is 0 Å². The maximum atomic E-state index is 14.4. The highest BCUT2D eigenvalue weighted by Crippen LogP contribution is 2.39. The normalized spacial score (nSPS) is 19.5. The number of nitrogens with one attached hydrogen (secondary N) is 1. The molecule has 0 unspecified atom stereocenters. The van der Waals surface area contributed by atoms with Gasteiger partial charge in [0, 0.05) is 30.3 Å². The van der Waals surface area contributed by atoms with E-state index < -0.39 is 11.6 Å². The maximum Gasteiger partial charge on any atom is 0.164 e. The monoisotopic (exact) mass is 382 g/mol. The lowest BCUT2D eigenvalue weighted by Crippen LogP contribution is -2.24. The topological polar surface area (TPSA) is 61.9 Å². The standard InChI is InChI=1S/C21H20F2N4O/c22-14-5-6-17(23)15(10-14)18-2-1-7-27(18)21-16-9-13(11-24-20(16)25-26-21)19(28)8-12-3-4-12/h5-6,9-12,18H,1-4,7-8H2,(H,24,25,26)/t18-/m1/s1. The van der Waals surface area contributed by atoms with Crippen molar-refractivity contribution in [3.05, 3.63) is 53.2 Å². The number of aromatic nitrogens is 3. The van der Waals surface area contributed by atoms with Gasteiger partial charge in [0.15, 0.2) is 17.2 Å². The molecule has 1 aliphatic heterocycles. The van der Waals surface area contributed by atoms with Crippen molar-refractivity contribution in [3.8, 4) is 0 Å². The Morgan fingerprint density at radius 1 is 1.21 bits per heavy atom. The van der Waals surface area contributed by atoms with E-state index in [4.69, 9.17) is 0 Å². The van der Waals surface area contributed by atoms with Crippen molar-refractivity contribution in [1.29, 1.82) is 0 Å². The van der Waals surface area contributed by atoms with Crippen molar-refractivity contribution < 1.29 is 13.6 Å². The largest absolute Gasteiger partial charge is 0.347 e. The van der Waals surface area contributed by atoms with Gasteiger partial charge in [-0.3, -0.25) is 9.89 Å². The smallest absolute Gasteiger partial charge is 0.164 e. The third kappa shape index (κ3) is 3.04. The first kappa shape index (κ1) is 17.3. The number of ketones is 1. The number of carbonyl (C=O) groups excluding carboxylic acids is 1. The van der Waals surface area contributed by atoms with Crippen molar-refractivity contribution in [2.45, 2.75) is 38.1 Å². The van der Waals surface area contributed by atoms with Gasteiger partial charge in [0.1, 0.15) is 11.6 Å². The number of hydrogen-bond donors (Lipinski definition) is 1. The number of hydrogen-bond acceptors (Lipinski definition) is 4. The average Bonchev–Trinajstić information content (AvgIpc) is 3.21. The summed E-state index contributed by atoms with van der Waals surface area (Å²) in [6, 6.07) is 5.08. The fourth-order valence-corrected chi connectivity index (χ4v) is 4.08. The van der Waals surface area contributed by atoms with E-state index in [2.05, 4.69) is 15.2 Å². The van der Waals surface area contributed by atoms with Crippen molar-refractivity contribution in [2.24, 2.45) is 5.92 Å². The van der Waals surface area contributed by atoms with Crippen LogP contribution in [0.5, 0.6) is 0 Å². The van der Waals surface area contributed by atoms with E-state index in [1.807, 2.05) is 11.0 Å². The molecule has 1 aliphatic carbocycles. The number of fused-ring (bicyclic) bond motifs is 1. The first-order chi connectivity index (χ1) is 13.6. The second kappa shape index (κ2) is 6.65. The number of Topliss-reactive ketones (excluding diaryl/α,β-unsaturated/α-hetero) is 1. The van der Waals surface area contributed by atoms with Crippen molar-refractivity contribution in [1.82, 2.24) is 15.2 Å². The van der Waals surface area contributed by atoms with Gasteiger partial charge in [-0.25, -0.2) is 13.8 Å². The van der Waals surface area contributed by atoms with Crippen LogP contribution in [0.4, 0.5) is 14.6 Å². The summed E-state index contributed by atoms with van der Waals surface area (Å²) in [6.07, 6.45) is 5.94. The molecule has 3 heterocycles. The van der Waals surface area contributed by atoms with Crippen molar-refractivity contribution in [2.75, 3.05) is 11.4 Å². The van der Waals surface area contributed by atoms with Crippen LogP contribution in [0.25, 0.3) is 11.0 Å². The summed E-state index contributed by atoms with van der Waals surface area (Å²) in [6.45, 7) is 0.681. The zero-order chi connectivity index (χ0) is 19.3. The van der Waals surface area contributed by atoms with Crippen molar-refractivity contribution >= 4 is 22.6 Å².